The molecule has 0 saturated heterocycles. The highest BCUT2D eigenvalue weighted by Gasteiger charge is 2.21. The van der Waals surface area contributed by atoms with E-state index in [4.69, 9.17) is 0 Å². The summed E-state index contributed by atoms with van der Waals surface area (Å²) in [6.45, 7) is 5.34. The Balaban J connectivity index is 2.10. The van der Waals surface area contributed by atoms with Crippen LogP contribution in [-0.2, 0) is 21.4 Å². The molecule has 28 heavy (non-hydrogen) atoms. The average Bonchev–Trinajstić information content (AvgIpc) is 2.68. The van der Waals surface area contributed by atoms with Gasteiger partial charge in [0.1, 0.15) is 6.04 Å². The Morgan fingerprint density at radius 2 is 1.71 bits per heavy atom. The lowest BCUT2D eigenvalue weighted by molar-refractivity contribution is -0.122. The van der Waals surface area contributed by atoms with Crippen LogP contribution in [0.3, 0.4) is 0 Å². The molecule has 0 spiro atoms. The van der Waals surface area contributed by atoms with Gasteiger partial charge in [0.05, 0.1) is 4.90 Å². The van der Waals surface area contributed by atoms with Crippen LogP contribution in [0.25, 0.3) is 0 Å². The number of sulfonamides is 1. The number of benzene rings is 2. The smallest absolute Gasteiger partial charge is 0.251 e. The number of hydrogen-bond acceptors (Lipinski definition) is 4. The SMILES string of the molecule is CNS(=O)(=O)c1cc(C(=O)NC(C)C(=O)NCc2ccccc2)cc(C)c1C. The summed E-state index contributed by atoms with van der Waals surface area (Å²) in [5.41, 5.74) is 2.37. The van der Waals surface area contributed by atoms with Gasteiger partial charge < -0.3 is 10.6 Å². The molecule has 8 heteroatoms. The predicted octanol–water partition coefficient (Wildman–Crippen LogP) is 1.65. The van der Waals surface area contributed by atoms with Crippen molar-refractivity contribution in [2.24, 2.45) is 0 Å². The third kappa shape index (κ3) is 5.17. The quantitative estimate of drug-likeness (QED) is 0.654. The fourth-order valence-electron chi connectivity index (χ4n) is 2.63. The van der Waals surface area contributed by atoms with E-state index in [2.05, 4.69) is 15.4 Å². The van der Waals surface area contributed by atoms with Crippen molar-refractivity contribution < 1.29 is 18.0 Å². The van der Waals surface area contributed by atoms with Crippen LogP contribution in [0, 0.1) is 13.8 Å². The number of carbonyl (C=O) groups excluding carboxylic acids is 2. The molecule has 2 amide bonds. The predicted molar refractivity (Wildman–Crippen MR) is 107 cm³/mol. The lowest BCUT2D eigenvalue weighted by atomic mass is 10.1. The molecule has 0 heterocycles. The molecule has 0 bridgehead atoms. The molecule has 2 rings (SSSR count). The van der Waals surface area contributed by atoms with Crippen molar-refractivity contribution in [1.82, 2.24) is 15.4 Å². The molecule has 3 N–H and O–H groups in total. The van der Waals surface area contributed by atoms with Crippen LogP contribution in [0.5, 0.6) is 0 Å². The molecule has 1 atom stereocenters. The van der Waals surface area contributed by atoms with E-state index in [1.54, 1.807) is 26.8 Å². The van der Waals surface area contributed by atoms with Crippen molar-refractivity contribution in [2.75, 3.05) is 7.05 Å². The number of rotatable bonds is 7. The highest BCUT2D eigenvalue weighted by Crippen LogP contribution is 2.21. The van der Waals surface area contributed by atoms with Crippen molar-refractivity contribution in [3.05, 3.63) is 64.7 Å². The van der Waals surface area contributed by atoms with Crippen LogP contribution < -0.4 is 15.4 Å². The first-order valence-electron chi connectivity index (χ1n) is 8.83. The summed E-state index contributed by atoms with van der Waals surface area (Å²) in [5.74, 6) is -0.845. The number of aryl methyl sites for hydroxylation is 1. The van der Waals surface area contributed by atoms with Crippen LogP contribution >= 0.6 is 0 Å². The molecule has 0 aliphatic heterocycles. The van der Waals surface area contributed by atoms with Crippen molar-refractivity contribution >= 4 is 21.8 Å². The first-order chi connectivity index (χ1) is 13.2. The summed E-state index contributed by atoms with van der Waals surface area (Å²) in [5, 5.41) is 5.37. The molecule has 2 aromatic rings. The molecule has 2 aromatic carbocycles. The molecule has 0 aromatic heterocycles. The van der Waals surface area contributed by atoms with E-state index in [1.165, 1.54) is 13.1 Å². The zero-order valence-electron chi connectivity index (χ0n) is 16.4. The summed E-state index contributed by atoms with van der Waals surface area (Å²) in [7, 11) is -2.39. The van der Waals surface area contributed by atoms with E-state index in [-0.39, 0.29) is 16.4 Å². The number of hydrogen-bond donors (Lipinski definition) is 3. The second-order valence-corrected chi connectivity index (χ2v) is 8.38. The minimum absolute atomic E-state index is 0.0429. The zero-order valence-corrected chi connectivity index (χ0v) is 17.2. The minimum Gasteiger partial charge on any atom is -0.350 e. The van der Waals surface area contributed by atoms with Gasteiger partial charge in [-0.2, -0.15) is 0 Å². The third-order valence-corrected chi connectivity index (χ3v) is 6.03. The lowest BCUT2D eigenvalue weighted by Crippen LogP contribution is -2.44. The van der Waals surface area contributed by atoms with E-state index >= 15 is 0 Å². The Hall–Kier alpha value is -2.71. The number of nitrogens with one attached hydrogen (secondary N) is 3. The Morgan fingerprint density at radius 3 is 2.32 bits per heavy atom. The molecule has 0 saturated carbocycles. The highest BCUT2D eigenvalue weighted by molar-refractivity contribution is 7.89. The Kier molecular flexibility index (Phi) is 6.93. The van der Waals surface area contributed by atoms with Gasteiger partial charge in [0.15, 0.2) is 0 Å². The van der Waals surface area contributed by atoms with Crippen LogP contribution in [0.2, 0.25) is 0 Å². The fourth-order valence-corrected chi connectivity index (χ4v) is 3.70. The zero-order chi connectivity index (χ0) is 20.9. The van der Waals surface area contributed by atoms with Crippen molar-refractivity contribution in [3.8, 4) is 0 Å². The molecule has 0 aliphatic carbocycles. The van der Waals surface area contributed by atoms with Crippen molar-refractivity contribution in [1.29, 1.82) is 0 Å². The van der Waals surface area contributed by atoms with E-state index in [9.17, 15) is 18.0 Å². The standard InChI is InChI=1S/C20H25N3O4S/c1-13-10-17(11-18(14(13)2)28(26,27)21-4)20(25)23-15(3)19(24)22-12-16-8-6-5-7-9-16/h5-11,15,21H,12H2,1-4H3,(H,22,24)(H,23,25). The Labute approximate surface area is 165 Å². The molecule has 7 nitrogen and oxygen atoms in total. The van der Waals surface area contributed by atoms with Gasteiger partial charge in [-0.1, -0.05) is 30.3 Å². The molecule has 150 valence electrons. The van der Waals surface area contributed by atoms with Crippen LogP contribution in [0.4, 0.5) is 0 Å². The van der Waals surface area contributed by atoms with Gasteiger partial charge >= 0.3 is 0 Å². The summed E-state index contributed by atoms with van der Waals surface area (Å²) in [6.07, 6.45) is 0. The summed E-state index contributed by atoms with van der Waals surface area (Å²) < 4.78 is 26.6. The first kappa shape index (κ1) is 21.6. The normalized spacial score (nSPS) is 12.3. The largest absolute Gasteiger partial charge is 0.350 e. The maximum absolute atomic E-state index is 12.6. The molecular weight excluding hydrogens is 378 g/mol. The van der Waals surface area contributed by atoms with E-state index < -0.39 is 22.0 Å². The third-order valence-electron chi connectivity index (χ3n) is 4.49. The van der Waals surface area contributed by atoms with Gasteiger partial charge in [-0.05, 0) is 56.6 Å². The second-order valence-electron chi connectivity index (χ2n) is 6.52. The van der Waals surface area contributed by atoms with Crippen molar-refractivity contribution in [2.45, 2.75) is 38.3 Å². The van der Waals surface area contributed by atoms with Gasteiger partial charge in [0.25, 0.3) is 5.91 Å². The van der Waals surface area contributed by atoms with Gasteiger partial charge in [-0.25, -0.2) is 13.1 Å². The lowest BCUT2D eigenvalue weighted by Gasteiger charge is -2.16. The topological polar surface area (TPSA) is 104 Å². The maximum Gasteiger partial charge on any atom is 0.251 e. The fraction of sp³-hybridized carbons (Fsp3) is 0.300. The molecular formula is C20H25N3O4S. The second kappa shape index (κ2) is 8.99. The molecule has 0 aliphatic rings. The highest BCUT2D eigenvalue weighted by atomic mass is 32.2. The van der Waals surface area contributed by atoms with Gasteiger partial charge in [0.2, 0.25) is 15.9 Å². The summed E-state index contributed by atoms with van der Waals surface area (Å²) in [4.78, 5) is 24.8. The first-order valence-corrected chi connectivity index (χ1v) is 10.3. The molecule has 0 radical (unpaired) electrons. The average molecular weight is 404 g/mol. The van der Waals surface area contributed by atoms with E-state index in [0.717, 1.165) is 5.56 Å². The number of amides is 2. The summed E-state index contributed by atoms with van der Waals surface area (Å²) in [6, 6.07) is 11.6. The minimum atomic E-state index is -3.70. The van der Waals surface area contributed by atoms with Gasteiger partial charge in [-0.15, -0.1) is 0 Å². The Morgan fingerprint density at radius 1 is 1.07 bits per heavy atom. The number of carbonyl (C=O) groups is 2. The van der Waals surface area contributed by atoms with Gasteiger partial charge in [0, 0.05) is 12.1 Å². The van der Waals surface area contributed by atoms with Crippen LogP contribution in [0.1, 0.15) is 34.0 Å². The Bertz CT molecular complexity index is 972. The van der Waals surface area contributed by atoms with E-state index in [0.29, 0.717) is 17.7 Å². The van der Waals surface area contributed by atoms with Crippen molar-refractivity contribution in [3.63, 3.8) is 0 Å². The van der Waals surface area contributed by atoms with Gasteiger partial charge in [-0.3, -0.25) is 9.59 Å². The molecule has 1 unspecified atom stereocenters. The monoisotopic (exact) mass is 403 g/mol. The van der Waals surface area contributed by atoms with Crippen LogP contribution in [-0.4, -0.2) is 33.3 Å². The van der Waals surface area contributed by atoms with Crippen LogP contribution in [0.15, 0.2) is 47.4 Å². The summed E-state index contributed by atoms with van der Waals surface area (Å²) >= 11 is 0. The maximum atomic E-state index is 12.6. The molecule has 0 fully saturated rings. The van der Waals surface area contributed by atoms with E-state index in [1.807, 2.05) is 30.3 Å².